The van der Waals surface area contributed by atoms with Crippen molar-refractivity contribution in [3.63, 3.8) is 0 Å². The van der Waals surface area contributed by atoms with Gasteiger partial charge < -0.3 is 10.6 Å². The lowest BCUT2D eigenvalue weighted by molar-refractivity contribution is -0.120. The van der Waals surface area contributed by atoms with Crippen LogP contribution in [0.5, 0.6) is 0 Å². The zero-order chi connectivity index (χ0) is 14.2. The standard InChI is InChI=1S/C17H20N2O/c1-14-7-5-6-10-16(14)12-19-17(20)13-18-11-15-8-3-2-4-9-15/h2-10,18H,11-13H2,1H3,(H,19,20). The molecule has 0 radical (unpaired) electrons. The zero-order valence-corrected chi connectivity index (χ0v) is 11.7. The Hall–Kier alpha value is -2.13. The summed E-state index contributed by atoms with van der Waals surface area (Å²) in [5, 5.41) is 6.06. The molecule has 2 aromatic carbocycles. The van der Waals surface area contributed by atoms with E-state index < -0.39 is 0 Å². The maximum absolute atomic E-state index is 11.7. The van der Waals surface area contributed by atoms with Crippen molar-refractivity contribution in [2.75, 3.05) is 6.54 Å². The lowest BCUT2D eigenvalue weighted by Gasteiger charge is -2.08. The number of benzene rings is 2. The molecule has 0 atom stereocenters. The molecule has 0 fully saturated rings. The van der Waals surface area contributed by atoms with Crippen molar-refractivity contribution in [2.45, 2.75) is 20.0 Å². The molecule has 104 valence electrons. The second-order valence-electron chi connectivity index (χ2n) is 4.79. The summed E-state index contributed by atoms with van der Waals surface area (Å²) in [4.78, 5) is 11.7. The van der Waals surface area contributed by atoms with Gasteiger partial charge in [0.05, 0.1) is 6.54 Å². The highest BCUT2D eigenvalue weighted by atomic mass is 16.1. The summed E-state index contributed by atoms with van der Waals surface area (Å²) in [6.07, 6.45) is 0. The second kappa shape index (κ2) is 7.46. The van der Waals surface area contributed by atoms with Crippen LogP contribution < -0.4 is 10.6 Å². The molecular weight excluding hydrogens is 248 g/mol. The monoisotopic (exact) mass is 268 g/mol. The van der Waals surface area contributed by atoms with Gasteiger partial charge in [0.2, 0.25) is 5.91 Å². The fourth-order valence-corrected chi connectivity index (χ4v) is 1.98. The number of rotatable bonds is 6. The Bertz CT molecular complexity index is 552. The predicted molar refractivity (Wildman–Crippen MR) is 81.2 cm³/mol. The van der Waals surface area contributed by atoms with Crippen molar-refractivity contribution in [1.82, 2.24) is 10.6 Å². The number of hydrogen-bond donors (Lipinski definition) is 2. The highest BCUT2D eigenvalue weighted by Gasteiger charge is 2.02. The topological polar surface area (TPSA) is 41.1 Å². The fraction of sp³-hybridized carbons (Fsp3) is 0.235. The van der Waals surface area contributed by atoms with Gasteiger partial charge in [0.15, 0.2) is 0 Å². The molecule has 0 unspecified atom stereocenters. The van der Waals surface area contributed by atoms with E-state index in [0.29, 0.717) is 19.6 Å². The lowest BCUT2D eigenvalue weighted by atomic mass is 10.1. The van der Waals surface area contributed by atoms with Gasteiger partial charge in [0.1, 0.15) is 0 Å². The molecule has 3 nitrogen and oxygen atoms in total. The van der Waals surface area contributed by atoms with E-state index in [0.717, 1.165) is 5.56 Å². The van der Waals surface area contributed by atoms with Crippen LogP contribution in [0.1, 0.15) is 16.7 Å². The van der Waals surface area contributed by atoms with E-state index in [9.17, 15) is 4.79 Å². The largest absolute Gasteiger partial charge is 0.351 e. The molecule has 0 aliphatic carbocycles. The van der Waals surface area contributed by atoms with Crippen LogP contribution >= 0.6 is 0 Å². The van der Waals surface area contributed by atoms with E-state index in [1.165, 1.54) is 11.1 Å². The van der Waals surface area contributed by atoms with Gasteiger partial charge in [-0.1, -0.05) is 54.6 Å². The molecule has 0 spiro atoms. The Balaban J connectivity index is 1.70. The van der Waals surface area contributed by atoms with Crippen molar-refractivity contribution in [2.24, 2.45) is 0 Å². The minimum atomic E-state index is 0.0178. The smallest absolute Gasteiger partial charge is 0.234 e. The molecule has 1 amide bonds. The summed E-state index contributed by atoms with van der Waals surface area (Å²) >= 11 is 0. The summed E-state index contributed by atoms with van der Waals surface area (Å²) in [7, 11) is 0. The van der Waals surface area contributed by atoms with E-state index >= 15 is 0 Å². The average molecular weight is 268 g/mol. The van der Waals surface area contributed by atoms with E-state index in [4.69, 9.17) is 0 Å². The molecule has 0 aromatic heterocycles. The number of aryl methyl sites for hydroxylation is 1. The quantitative estimate of drug-likeness (QED) is 0.844. The molecule has 3 heteroatoms. The first-order chi connectivity index (χ1) is 9.75. The van der Waals surface area contributed by atoms with Gasteiger partial charge in [-0.05, 0) is 23.6 Å². The molecule has 2 N–H and O–H groups in total. The first kappa shape index (κ1) is 14.3. The van der Waals surface area contributed by atoms with Gasteiger partial charge in [-0.15, -0.1) is 0 Å². The number of amides is 1. The normalized spacial score (nSPS) is 10.2. The van der Waals surface area contributed by atoms with Crippen LogP contribution in [0.25, 0.3) is 0 Å². The predicted octanol–water partition coefficient (Wildman–Crippen LogP) is 2.40. The molecule has 0 aliphatic rings. The second-order valence-corrected chi connectivity index (χ2v) is 4.79. The maximum atomic E-state index is 11.7. The van der Waals surface area contributed by atoms with Crippen LogP contribution in [0.3, 0.4) is 0 Å². The minimum absolute atomic E-state index is 0.0178. The Morgan fingerprint density at radius 2 is 1.65 bits per heavy atom. The molecule has 0 aliphatic heterocycles. The van der Waals surface area contributed by atoms with E-state index in [-0.39, 0.29) is 5.91 Å². The summed E-state index contributed by atoms with van der Waals surface area (Å²) in [6.45, 7) is 3.67. The van der Waals surface area contributed by atoms with Crippen molar-refractivity contribution < 1.29 is 4.79 Å². The molecule has 2 aromatic rings. The highest BCUT2D eigenvalue weighted by Crippen LogP contribution is 2.05. The van der Waals surface area contributed by atoms with Crippen molar-refractivity contribution in [1.29, 1.82) is 0 Å². The van der Waals surface area contributed by atoms with Crippen LogP contribution in [0.2, 0.25) is 0 Å². The first-order valence-corrected chi connectivity index (χ1v) is 6.81. The van der Waals surface area contributed by atoms with Gasteiger partial charge >= 0.3 is 0 Å². The van der Waals surface area contributed by atoms with Crippen molar-refractivity contribution in [3.05, 3.63) is 71.3 Å². The van der Waals surface area contributed by atoms with Gasteiger partial charge in [-0.25, -0.2) is 0 Å². The molecule has 0 saturated heterocycles. The van der Waals surface area contributed by atoms with Gasteiger partial charge in [0.25, 0.3) is 0 Å². The van der Waals surface area contributed by atoms with Gasteiger partial charge in [0, 0.05) is 13.1 Å². The minimum Gasteiger partial charge on any atom is -0.351 e. The molecule has 20 heavy (non-hydrogen) atoms. The summed E-state index contributed by atoms with van der Waals surface area (Å²) in [6, 6.07) is 18.1. The van der Waals surface area contributed by atoms with Crippen molar-refractivity contribution in [3.8, 4) is 0 Å². The van der Waals surface area contributed by atoms with Crippen LogP contribution in [0.15, 0.2) is 54.6 Å². The molecular formula is C17H20N2O. The number of carbonyl (C=O) groups is 1. The third-order valence-electron chi connectivity index (χ3n) is 3.19. The van der Waals surface area contributed by atoms with Gasteiger partial charge in [-0.3, -0.25) is 4.79 Å². The Labute approximate surface area is 120 Å². The third-order valence-corrected chi connectivity index (χ3v) is 3.19. The Morgan fingerprint density at radius 3 is 2.40 bits per heavy atom. The molecule has 0 saturated carbocycles. The Morgan fingerprint density at radius 1 is 0.950 bits per heavy atom. The summed E-state index contributed by atoms with van der Waals surface area (Å²) < 4.78 is 0. The fourth-order valence-electron chi connectivity index (χ4n) is 1.98. The number of carbonyl (C=O) groups excluding carboxylic acids is 1. The number of nitrogens with one attached hydrogen (secondary N) is 2. The molecule has 2 rings (SSSR count). The summed E-state index contributed by atoms with van der Waals surface area (Å²) in [5.74, 6) is 0.0178. The summed E-state index contributed by atoms with van der Waals surface area (Å²) in [5.41, 5.74) is 3.54. The highest BCUT2D eigenvalue weighted by molar-refractivity contribution is 5.78. The Kier molecular flexibility index (Phi) is 5.33. The van der Waals surface area contributed by atoms with Crippen LogP contribution in [0, 0.1) is 6.92 Å². The lowest BCUT2D eigenvalue weighted by Crippen LogP contribution is -2.33. The number of hydrogen-bond acceptors (Lipinski definition) is 2. The third kappa shape index (κ3) is 4.52. The SMILES string of the molecule is Cc1ccccc1CNC(=O)CNCc1ccccc1. The van der Waals surface area contributed by atoms with E-state index in [2.05, 4.69) is 23.6 Å². The van der Waals surface area contributed by atoms with Gasteiger partial charge in [-0.2, -0.15) is 0 Å². The van der Waals surface area contributed by atoms with Crippen LogP contribution in [0.4, 0.5) is 0 Å². The van der Waals surface area contributed by atoms with E-state index in [1.54, 1.807) is 0 Å². The van der Waals surface area contributed by atoms with E-state index in [1.807, 2.05) is 48.5 Å². The average Bonchev–Trinajstić information content (AvgIpc) is 2.47. The van der Waals surface area contributed by atoms with Crippen LogP contribution in [-0.2, 0) is 17.9 Å². The zero-order valence-electron chi connectivity index (χ0n) is 11.7. The van der Waals surface area contributed by atoms with Crippen LogP contribution in [-0.4, -0.2) is 12.5 Å². The first-order valence-electron chi connectivity index (χ1n) is 6.81. The molecule has 0 bridgehead atoms. The van der Waals surface area contributed by atoms with Crippen molar-refractivity contribution >= 4 is 5.91 Å². The molecule has 0 heterocycles. The maximum Gasteiger partial charge on any atom is 0.234 e.